The van der Waals surface area contributed by atoms with Gasteiger partial charge in [0.2, 0.25) is 0 Å². The maximum Gasteiger partial charge on any atom is 0.402 e. The second-order valence-corrected chi connectivity index (χ2v) is 3.48. The molecule has 3 rings (SSSR count). The number of nitrogens with zero attached hydrogens (tertiary/aromatic N) is 2. The molecule has 4 N–H and O–H groups in total. The molecular formula is C8H15N3O3. The summed E-state index contributed by atoms with van der Waals surface area (Å²) >= 11 is 0. The molecule has 0 aliphatic carbocycles. The van der Waals surface area contributed by atoms with Gasteiger partial charge in [-0.25, -0.2) is 4.79 Å². The second kappa shape index (κ2) is 4.80. The zero-order valence-electron chi connectivity index (χ0n) is 7.89. The number of nitrogens with two attached hydrogens (primary N) is 1. The lowest BCUT2D eigenvalue weighted by Crippen LogP contribution is -2.47. The molecule has 0 spiro atoms. The molecule has 2 bridgehead atoms. The molecule has 3 fully saturated rings. The first-order chi connectivity index (χ1) is 6.63. The van der Waals surface area contributed by atoms with Gasteiger partial charge in [0.05, 0.1) is 5.71 Å². The fourth-order valence-corrected chi connectivity index (χ4v) is 1.90. The number of hydrogen-bond donors (Lipinski definition) is 3. The van der Waals surface area contributed by atoms with Gasteiger partial charge in [-0.05, 0) is 25.9 Å². The Kier molecular flexibility index (Phi) is 3.70. The normalized spacial score (nSPS) is 32.1. The SMILES string of the molecule is NC(=O)O.O/N=C1/CN2CCC1CC2. The van der Waals surface area contributed by atoms with Crippen LogP contribution in [0.5, 0.6) is 0 Å². The lowest BCUT2D eigenvalue weighted by molar-refractivity contribution is 0.190. The van der Waals surface area contributed by atoms with E-state index in [0.29, 0.717) is 5.92 Å². The summed E-state index contributed by atoms with van der Waals surface area (Å²) in [5.41, 5.74) is 5.03. The summed E-state index contributed by atoms with van der Waals surface area (Å²) in [4.78, 5) is 11.1. The van der Waals surface area contributed by atoms with Crippen molar-refractivity contribution in [2.24, 2.45) is 16.8 Å². The van der Waals surface area contributed by atoms with Crippen LogP contribution in [0.3, 0.4) is 0 Å². The van der Waals surface area contributed by atoms with Crippen LogP contribution in [0.15, 0.2) is 5.16 Å². The van der Waals surface area contributed by atoms with E-state index in [1.54, 1.807) is 0 Å². The standard InChI is InChI=1S/C7H12N2O.CH3NO2/c10-8-7-5-9-3-1-6(7)2-4-9;2-1(3)4/h6,10H,1-5H2;2H2,(H,3,4)/b8-7-;. The van der Waals surface area contributed by atoms with Crippen molar-refractivity contribution < 1.29 is 15.1 Å². The van der Waals surface area contributed by atoms with Gasteiger partial charge in [0, 0.05) is 12.5 Å². The molecule has 0 radical (unpaired) electrons. The van der Waals surface area contributed by atoms with Crippen molar-refractivity contribution in [1.29, 1.82) is 0 Å². The quantitative estimate of drug-likeness (QED) is 0.384. The highest BCUT2D eigenvalue weighted by Gasteiger charge is 2.30. The third-order valence-electron chi connectivity index (χ3n) is 2.57. The number of oxime groups is 1. The molecule has 80 valence electrons. The minimum atomic E-state index is -1.33. The molecule has 0 unspecified atom stereocenters. The number of carbonyl (C=O) groups is 1. The van der Waals surface area contributed by atoms with E-state index in [1.165, 1.54) is 25.9 Å². The van der Waals surface area contributed by atoms with E-state index in [4.69, 9.17) is 15.1 Å². The van der Waals surface area contributed by atoms with Gasteiger partial charge in [-0.2, -0.15) is 0 Å². The molecule has 6 nitrogen and oxygen atoms in total. The van der Waals surface area contributed by atoms with Crippen molar-refractivity contribution in [3.05, 3.63) is 0 Å². The Morgan fingerprint density at radius 2 is 2.00 bits per heavy atom. The van der Waals surface area contributed by atoms with Crippen molar-refractivity contribution in [3.8, 4) is 0 Å². The first-order valence-corrected chi connectivity index (χ1v) is 4.55. The number of primary amides is 1. The van der Waals surface area contributed by atoms with Crippen molar-refractivity contribution in [2.45, 2.75) is 12.8 Å². The van der Waals surface area contributed by atoms with Gasteiger partial charge in [-0.1, -0.05) is 5.16 Å². The van der Waals surface area contributed by atoms with Crippen LogP contribution in [0.2, 0.25) is 0 Å². The number of rotatable bonds is 0. The van der Waals surface area contributed by atoms with Gasteiger partial charge < -0.3 is 16.0 Å². The predicted octanol–water partition coefficient (Wildman–Crippen LogP) is 0.165. The lowest BCUT2D eigenvalue weighted by Gasteiger charge is -2.39. The Balaban J connectivity index is 0.000000213. The Morgan fingerprint density at radius 3 is 2.21 bits per heavy atom. The van der Waals surface area contributed by atoms with Crippen LogP contribution >= 0.6 is 0 Å². The molecule has 3 heterocycles. The van der Waals surface area contributed by atoms with E-state index in [0.717, 1.165) is 12.3 Å². The highest BCUT2D eigenvalue weighted by molar-refractivity contribution is 5.89. The molecule has 14 heavy (non-hydrogen) atoms. The first-order valence-electron chi connectivity index (χ1n) is 4.55. The summed E-state index contributed by atoms with van der Waals surface area (Å²) < 4.78 is 0. The molecule has 6 heteroatoms. The van der Waals surface area contributed by atoms with E-state index in [9.17, 15) is 0 Å². The summed E-state index contributed by atoms with van der Waals surface area (Å²) in [6, 6.07) is 0. The van der Waals surface area contributed by atoms with E-state index in [-0.39, 0.29) is 0 Å². The topological polar surface area (TPSA) is 99.2 Å². The minimum absolute atomic E-state index is 0.593. The second-order valence-electron chi connectivity index (χ2n) is 3.48. The lowest BCUT2D eigenvalue weighted by atomic mass is 9.87. The van der Waals surface area contributed by atoms with Crippen LogP contribution in [0.25, 0.3) is 0 Å². The average Bonchev–Trinajstić information content (AvgIpc) is 2.18. The zero-order chi connectivity index (χ0) is 10.6. The van der Waals surface area contributed by atoms with Crippen LogP contribution in [0.1, 0.15) is 12.8 Å². The number of fused-ring (bicyclic) bond motifs is 3. The van der Waals surface area contributed by atoms with Gasteiger partial charge in [0.1, 0.15) is 0 Å². The summed E-state index contributed by atoms with van der Waals surface area (Å²) in [5.74, 6) is 0.593. The summed E-state index contributed by atoms with van der Waals surface area (Å²) in [7, 11) is 0. The average molecular weight is 201 g/mol. The molecule has 1 amide bonds. The number of piperidine rings is 3. The molecule has 3 aliphatic rings. The van der Waals surface area contributed by atoms with Gasteiger partial charge in [0.15, 0.2) is 0 Å². The van der Waals surface area contributed by atoms with Gasteiger partial charge in [-0.15, -0.1) is 0 Å². The Bertz CT molecular complexity index is 230. The highest BCUT2D eigenvalue weighted by atomic mass is 16.4. The van der Waals surface area contributed by atoms with Gasteiger partial charge in [0.25, 0.3) is 0 Å². The van der Waals surface area contributed by atoms with Gasteiger partial charge in [-0.3, -0.25) is 4.90 Å². The smallest absolute Gasteiger partial charge is 0.402 e. The maximum absolute atomic E-state index is 8.78. The third kappa shape index (κ3) is 2.88. The summed E-state index contributed by atoms with van der Waals surface area (Å²) in [5, 5.41) is 19.1. The van der Waals surface area contributed by atoms with Crippen molar-refractivity contribution >= 4 is 11.8 Å². The maximum atomic E-state index is 8.78. The van der Waals surface area contributed by atoms with E-state index in [2.05, 4.69) is 15.8 Å². The van der Waals surface area contributed by atoms with Crippen molar-refractivity contribution in [3.63, 3.8) is 0 Å². The number of carboxylic acid groups (broad SMARTS) is 1. The molecule has 0 saturated carbocycles. The van der Waals surface area contributed by atoms with Gasteiger partial charge >= 0.3 is 6.09 Å². The molecule has 0 atom stereocenters. The molecule has 0 aromatic heterocycles. The minimum Gasteiger partial charge on any atom is -0.465 e. The summed E-state index contributed by atoms with van der Waals surface area (Å²) in [6.45, 7) is 3.30. The van der Waals surface area contributed by atoms with Crippen LogP contribution < -0.4 is 5.73 Å². The third-order valence-corrected chi connectivity index (χ3v) is 2.57. The highest BCUT2D eigenvalue weighted by Crippen LogP contribution is 2.24. The van der Waals surface area contributed by atoms with Crippen LogP contribution in [-0.2, 0) is 0 Å². The largest absolute Gasteiger partial charge is 0.465 e. The number of hydrogen-bond acceptors (Lipinski definition) is 4. The van der Waals surface area contributed by atoms with Crippen LogP contribution in [0.4, 0.5) is 4.79 Å². The molecule has 0 aromatic rings. The van der Waals surface area contributed by atoms with Crippen molar-refractivity contribution in [1.82, 2.24) is 4.90 Å². The monoisotopic (exact) mass is 201 g/mol. The van der Waals surface area contributed by atoms with Crippen LogP contribution in [0, 0.1) is 5.92 Å². The van der Waals surface area contributed by atoms with Crippen molar-refractivity contribution in [2.75, 3.05) is 19.6 Å². The van der Waals surface area contributed by atoms with Crippen LogP contribution in [-0.4, -0.2) is 46.7 Å². The molecular weight excluding hydrogens is 186 g/mol. The fraction of sp³-hybridized carbons (Fsp3) is 0.750. The molecule has 3 saturated heterocycles. The molecule has 0 aromatic carbocycles. The summed E-state index contributed by atoms with van der Waals surface area (Å²) in [6.07, 6.45) is 1.05. The Labute approximate surface area is 82.0 Å². The van der Waals surface area contributed by atoms with E-state index < -0.39 is 6.09 Å². The fourth-order valence-electron chi connectivity index (χ4n) is 1.90. The predicted molar refractivity (Wildman–Crippen MR) is 50.6 cm³/mol. The Hall–Kier alpha value is -1.30. The van der Waals surface area contributed by atoms with E-state index >= 15 is 0 Å². The molecule has 3 aliphatic heterocycles. The van der Waals surface area contributed by atoms with E-state index in [1.807, 2.05) is 0 Å². The number of amides is 1. The first kappa shape index (κ1) is 10.8. The zero-order valence-corrected chi connectivity index (χ0v) is 7.89. The Morgan fingerprint density at radius 1 is 1.50 bits per heavy atom.